The molecule has 0 fully saturated rings. The van der Waals surface area contributed by atoms with Gasteiger partial charge in [0.05, 0.1) is 0 Å². The van der Waals surface area contributed by atoms with Crippen molar-refractivity contribution in [3.8, 4) is 5.75 Å². The van der Waals surface area contributed by atoms with Crippen molar-refractivity contribution < 1.29 is 28.9 Å². The van der Waals surface area contributed by atoms with Crippen molar-refractivity contribution in [3.05, 3.63) is 35.8 Å². The van der Waals surface area contributed by atoms with Crippen LogP contribution < -0.4 is 4.74 Å². The van der Waals surface area contributed by atoms with Crippen LogP contribution in [-0.4, -0.2) is 33.7 Å². The van der Waals surface area contributed by atoms with Crippen molar-refractivity contribution in [2.75, 3.05) is 6.61 Å². The van der Waals surface area contributed by atoms with Gasteiger partial charge in [0.25, 0.3) is 0 Å². The Morgan fingerprint density at radius 1 is 1.32 bits per heavy atom. The van der Waals surface area contributed by atoms with Gasteiger partial charge in [0.2, 0.25) is 0 Å². The Hall–Kier alpha value is -2.70. The number of aliphatic carboxylic acids is 1. The van der Waals surface area contributed by atoms with E-state index < -0.39 is 30.1 Å². The predicted octanol–water partition coefficient (Wildman–Crippen LogP) is 1.54. The van der Waals surface area contributed by atoms with E-state index in [0.717, 1.165) is 12.1 Å². The average Bonchev–Trinajstić information content (AvgIpc) is 2.36. The molecule has 0 radical (unpaired) electrons. The number of nitrogens with zero attached hydrogens (tertiary/aromatic N) is 1. The molecule has 0 saturated carbocycles. The summed E-state index contributed by atoms with van der Waals surface area (Å²) in [6.07, 6.45) is 0. The van der Waals surface area contributed by atoms with Gasteiger partial charge >= 0.3 is 11.9 Å². The lowest BCUT2D eigenvalue weighted by Gasteiger charge is -2.08. The van der Waals surface area contributed by atoms with E-state index in [1.54, 1.807) is 0 Å². The van der Waals surface area contributed by atoms with Gasteiger partial charge in [0.1, 0.15) is 17.1 Å². The molecule has 0 saturated heterocycles. The average molecular weight is 265 g/mol. The fraction of sp³-hybridized carbons (Fsp3) is 0.0833. The Bertz CT molecular complexity index is 670. The Balaban J connectivity index is 2.61. The number of pyridine rings is 1. The van der Waals surface area contributed by atoms with Crippen molar-refractivity contribution in [1.29, 1.82) is 0 Å². The molecule has 2 aromatic rings. The number of aromatic carboxylic acids is 1. The maximum atomic E-state index is 13.6. The van der Waals surface area contributed by atoms with Crippen LogP contribution in [0, 0.1) is 5.82 Å². The summed E-state index contributed by atoms with van der Waals surface area (Å²) in [7, 11) is 0. The Morgan fingerprint density at radius 3 is 2.68 bits per heavy atom. The summed E-state index contributed by atoms with van der Waals surface area (Å²) in [6.45, 7) is -0.658. The third-order valence-corrected chi connectivity index (χ3v) is 2.32. The lowest BCUT2D eigenvalue weighted by Crippen LogP contribution is -2.11. The van der Waals surface area contributed by atoms with Gasteiger partial charge in [-0.2, -0.15) is 0 Å². The molecule has 1 aromatic heterocycles. The van der Waals surface area contributed by atoms with Crippen molar-refractivity contribution in [3.63, 3.8) is 0 Å². The first-order valence-corrected chi connectivity index (χ1v) is 5.16. The third-order valence-electron chi connectivity index (χ3n) is 2.32. The van der Waals surface area contributed by atoms with Gasteiger partial charge in [-0.3, -0.25) is 0 Å². The van der Waals surface area contributed by atoms with Crippen LogP contribution in [0.2, 0.25) is 0 Å². The molecule has 0 unspecified atom stereocenters. The highest BCUT2D eigenvalue weighted by Crippen LogP contribution is 2.27. The van der Waals surface area contributed by atoms with Gasteiger partial charge in [-0.05, 0) is 12.1 Å². The number of carbonyl (C=O) groups is 2. The van der Waals surface area contributed by atoms with Crippen LogP contribution in [0.5, 0.6) is 5.75 Å². The zero-order valence-electron chi connectivity index (χ0n) is 9.46. The molecule has 7 heteroatoms. The van der Waals surface area contributed by atoms with Crippen LogP contribution in [0.4, 0.5) is 4.39 Å². The smallest absolute Gasteiger partial charge is 0.354 e. The van der Waals surface area contributed by atoms with Crippen LogP contribution in [0.3, 0.4) is 0 Å². The molecule has 0 atom stereocenters. The van der Waals surface area contributed by atoms with Crippen molar-refractivity contribution in [1.82, 2.24) is 4.98 Å². The van der Waals surface area contributed by atoms with Crippen LogP contribution in [0.1, 0.15) is 10.5 Å². The minimum Gasteiger partial charge on any atom is -0.481 e. The fourth-order valence-corrected chi connectivity index (χ4v) is 1.55. The highest BCUT2D eigenvalue weighted by molar-refractivity contribution is 5.93. The molecule has 1 aromatic carbocycles. The first-order valence-electron chi connectivity index (χ1n) is 5.16. The molecule has 6 nitrogen and oxygen atoms in total. The first kappa shape index (κ1) is 12.7. The molecule has 1 heterocycles. The summed E-state index contributed by atoms with van der Waals surface area (Å²) < 4.78 is 18.5. The normalized spacial score (nSPS) is 10.4. The van der Waals surface area contributed by atoms with Gasteiger partial charge in [0.15, 0.2) is 12.3 Å². The Labute approximate surface area is 106 Å². The summed E-state index contributed by atoms with van der Waals surface area (Å²) in [4.78, 5) is 25.0. The minimum atomic E-state index is -1.36. The quantitative estimate of drug-likeness (QED) is 0.870. The van der Waals surface area contributed by atoms with Crippen LogP contribution in [-0.2, 0) is 4.79 Å². The van der Waals surface area contributed by atoms with Crippen LogP contribution >= 0.6 is 0 Å². The van der Waals surface area contributed by atoms with E-state index in [1.165, 1.54) is 12.1 Å². The SMILES string of the molecule is O=C(O)COc1cc(C(=O)O)nc2c(F)cccc12. The number of rotatable bonds is 4. The summed E-state index contributed by atoms with van der Waals surface area (Å²) in [5.74, 6) is -3.33. The zero-order chi connectivity index (χ0) is 14.0. The number of hydrogen-bond acceptors (Lipinski definition) is 4. The Morgan fingerprint density at radius 2 is 2.05 bits per heavy atom. The van der Waals surface area contributed by atoms with Gasteiger partial charge in [-0.1, -0.05) is 6.07 Å². The van der Waals surface area contributed by atoms with Crippen molar-refractivity contribution >= 4 is 22.8 Å². The summed E-state index contributed by atoms with van der Waals surface area (Å²) in [5.41, 5.74) is -0.597. The highest BCUT2D eigenvalue weighted by Gasteiger charge is 2.15. The van der Waals surface area contributed by atoms with Gasteiger partial charge in [0, 0.05) is 11.5 Å². The van der Waals surface area contributed by atoms with E-state index in [2.05, 4.69) is 4.98 Å². The van der Waals surface area contributed by atoms with E-state index in [9.17, 15) is 14.0 Å². The largest absolute Gasteiger partial charge is 0.481 e. The zero-order valence-corrected chi connectivity index (χ0v) is 9.46. The first-order chi connectivity index (χ1) is 8.99. The molecular weight excluding hydrogens is 257 g/mol. The molecule has 0 aliphatic heterocycles. The summed E-state index contributed by atoms with van der Waals surface area (Å²) in [5, 5.41) is 17.6. The maximum absolute atomic E-state index is 13.6. The van der Waals surface area contributed by atoms with E-state index in [4.69, 9.17) is 14.9 Å². The number of hydrogen-bond donors (Lipinski definition) is 2. The van der Waals surface area contributed by atoms with Crippen molar-refractivity contribution in [2.45, 2.75) is 0 Å². The van der Waals surface area contributed by atoms with Crippen LogP contribution in [0.15, 0.2) is 24.3 Å². The molecule has 0 aliphatic rings. The number of carboxylic acid groups (broad SMARTS) is 2. The molecule has 98 valence electrons. The van der Waals surface area contributed by atoms with Crippen LogP contribution in [0.25, 0.3) is 10.9 Å². The monoisotopic (exact) mass is 265 g/mol. The second-order valence-corrected chi connectivity index (χ2v) is 3.63. The number of fused-ring (bicyclic) bond motifs is 1. The molecule has 0 bridgehead atoms. The van der Waals surface area contributed by atoms with Gasteiger partial charge in [-0.25, -0.2) is 19.0 Å². The van der Waals surface area contributed by atoms with E-state index in [1.807, 2.05) is 0 Å². The molecule has 2 N–H and O–H groups in total. The van der Waals surface area contributed by atoms with E-state index in [0.29, 0.717) is 0 Å². The number of para-hydroxylation sites is 1. The van der Waals surface area contributed by atoms with Gasteiger partial charge in [-0.15, -0.1) is 0 Å². The molecule has 2 rings (SSSR count). The second kappa shape index (κ2) is 4.89. The molecule has 0 amide bonds. The van der Waals surface area contributed by atoms with E-state index >= 15 is 0 Å². The molecule has 0 spiro atoms. The van der Waals surface area contributed by atoms with E-state index in [-0.39, 0.29) is 16.7 Å². The lowest BCUT2D eigenvalue weighted by molar-refractivity contribution is -0.139. The number of halogens is 1. The number of ether oxygens (including phenoxy) is 1. The molecule has 19 heavy (non-hydrogen) atoms. The fourth-order valence-electron chi connectivity index (χ4n) is 1.55. The number of carboxylic acids is 2. The van der Waals surface area contributed by atoms with Gasteiger partial charge < -0.3 is 14.9 Å². The standard InChI is InChI=1S/C12H8FNO5/c13-7-3-1-2-6-9(19-5-10(15)16)4-8(12(17)18)14-11(6)7/h1-4H,5H2,(H,15,16)(H,17,18). The number of aromatic nitrogens is 1. The summed E-state index contributed by atoms with van der Waals surface area (Å²) in [6, 6.07) is 5.05. The molecular formula is C12H8FNO5. The highest BCUT2D eigenvalue weighted by atomic mass is 19.1. The minimum absolute atomic E-state index is 0.0377. The lowest BCUT2D eigenvalue weighted by atomic mass is 10.1. The topological polar surface area (TPSA) is 96.7 Å². The summed E-state index contributed by atoms with van der Waals surface area (Å²) >= 11 is 0. The maximum Gasteiger partial charge on any atom is 0.354 e. The second-order valence-electron chi connectivity index (χ2n) is 3.63. The Kier molecular flexibility index (Phi) is 3.28. The van der Waals surface area contributed by atoms with Crippen molar-refractivity contribution in [2.24, 2.45) is 0 Å². The molecule has 0 aliphatic carbocycles. The predicted molar refractivity (Wildman–Crippen MR) is 61.8 cm³/mol. The number of benzene rings is 1. The third kappa shape index (κ3) is 2.59.